The van der Waals surface area contributed by atoms with Crippen LogP contribution in [0.25, 0.3) is 0 Å². The molecule has 0 aliphatic rings. The monoisotopic (exact) mass is 268 g/mol. The first-order chi connectivity index (χ1) is 8.49. The van der Waals surface area contributed by atoms with Crippen molar-refractivity contribution in [3.05, 3.63) is 23.2 Å². The minimum absolute atomic E-state index is 0.536. The van der Waals surface area contributed by atoms with Crippen LogP contribution in [0.1, 0.15) is 40.5 Å². The minimum atomic E-state index is 0.536. The Bertz CT molecular complexity index is 373. The molecular formula is C15H25ClN2. The fraction of sp³-hybridized carbons (Fsp3) is 0.600. The highest BCUT2D eigenvalue weighted by molar-refractivity contribution is 6.33. The molecule has 3 heteroatoms. The third-order valence-electron chi connectivity index (χ3n) is 3.23. The van der Waals surface area contributed by atoms with Gasteiger partial charge in [0.05, 0.1) is 10.7 Å². The number of benzene rings is 1. The standard InChI is InChI=1S/C15H25ClN2/c1-5-13(6-2)18(10-11(3)4)15-8-7-12(17)9-14(15)16/h7-9,11,13H,5-6,10,17H2,1-4H3. The first-order valence-electron chi connectivity index (χ1n) is 6.81. The molecule has 0 unspecified atom stereocenters. The molecule has 0 radical (unpaired) electrons. The summed E-state index contributed by atoms with van der Waals surface area (Å²) in [5.41, 5.74) is 7.59. The summed E-state index contributed by atoms with van der Waals surface area (Å²) in [6.45, 7) is 9.95. The molecule has 0 fully saturated rings. The number of anilines is 2. The summed E-state index contributed by atoms with van der Waals surface area (Å²) in [5.74, 6) is 0.610. The van der Waals surface area contributed by atoms with Gasteiger partial charge in [-0.25, -0.2) is 0 Å². The SMILES string of the molecule is CCC(CC)N(CC(C)C)c1ccc(N)cc1Cl. The lowest BCUT2D eigenvalue weighted by atomic mass is 10.1. The molecule has 0 atom stereocenters. The van der Waals surface area contributed by atoms with E-state index < -0.39 is 0 Å². The summed E-state index contributed by atoms with van der Waals surface area (Å²) >= 11 is 6.34. The van der Waals surface area contributed by atoms with E-state index in [1.165, 1.54) is 0 Å². The smallest absolute Gasteiger partial charge is 0.0660 e. The highest BCUT2D eigenvalue weighted by atomic mass is 35.5. The molecule has 1 aromatic carbocycles. The Morgan fingerprint density at radius 2 is 1.83 bits per heavy atom. The highest BCUT2D eigenvalue weighted by Gasteiger charge is 2.19. The van der Waals surface area contributed by atoms with Crippen molar-refractivity contribution in [3.63, 3.8) is 0 Å². The van der Waals surface area contributed by atoms with Crippen LogP contribution in [0.5, 0.6) is 0 Å². The fourth-order valence-corrected chi connectivity index (χ4v) is 2.62. The summed E-state index contributed by atoms with van der Waals surface area (Å²) in [6.07, 6.45) is 2.26. The van der Waals surface area contributed by atoms with Crippen molar-refractivity contribution in [1.29, 1.82) is 0 Å². The molecule has 1 rings (SSSR count). The maximum atomic E-state index is 6.34. The summed E-state index contributed by atoms with van der Waals surface area (Å²) in [7, 11) is 0. The van der Waals surface area contributed by atoms with Gasteiger partial charge >= 0.3 is 0 Å². The van der Waals surface area contributed by atoms with Gasteiger partial charge < -0.3 is 10.6 Å². The zero-order valence-electron chi connectivity index (χ0n) is 11.9. The average Bonchev–Trinajstić information content (AvgIpc) is 2.29. The van der Waals surface area contributed by atoms with E-state index in [9.17, 15) is 0 Å². The molecule has 18 heavy (non-hydrogen) atoms. The molecule has 0 aromatic heterocycles. The molecule has 102 valence electrons. The van der Waals surface area contributed by atoms with Gasteiger partial charge in [-0.05, 0) is 37.0 Å². The van der Waals surface area contributed by atoms with E-state index in [2.05, 4.69) is 32.6 Å². The van der Waals surface area contributed by atoms with Crippen LogP contribution in [0, 0.1) is 5.92 Å². The molecule has 0 heterocycles. The van der Waals surface area contributed by atoms with Gasteiger partial charge in [-0.15, -0.1) is 0 Å². The van der Waals surface area contributed by atoms with Crippen molar-refractivity contribution in [3.8, 4) is 0 Å². The molecular weight excluding hydrogens is 244 g/mol. The zero-order valence-corrected chi connectivity index (χ0v) is 12.7. The lowest BCUT2D eigenvalue weighted by molar-refractivity contribution is 0.507. The van der Waals surface area contributed by atoms with Crippen molar-refractivity contribution in [2.24, 2.45) is 5.92 Å². The summed E-state index contributed by atoms with van der Waals surface area (Å²) in [5, 5.41) is 0.752. The topological polar surface area (TPSA) is 29.3 Å². The molecule has 0 amide bonds. The zero-order chi connectivity index (χ0) is 13.7. The van der Waals surface area contributed by atoms with Gasteiger partial charge in [0.15, 0.2) is 0 Å². The minimum Gasteiger partial charge on any atom is -0.399 e. The third kappa shape index (κ3) is 3.81. The number of halogens is 1. The summed E-state index contributed by atoms with van der Waals surface area (Å²) in [6, 6.07) is 6.34. The number of hydrogen-bond acceptors (Lipinski definition) is 2. The molecule has 0 bridgehead atoms. The first-order valence-corrected chi connectivity index (χ1v) is 7.19. The second-order valence-electron chi connectivity index (χ2n) is 5.23. The van der Waals surface area contributed by atoms with Gasteiger partial charge in [0.1, 0.15) is 0 Å². The Morgan fingerprint density at radius 1 is 1.22 bits per heavy atom. The van der Waals surface area contributed by atoms with Gasteiger partial charge in [-0.2, -0.15) is 0 Å². The van der Waals surface area contributed by atoms with Crippen LogP contribution < -0.4 is 10.6 Å². The molecule has 0 aliphatic heterocycles. The van der Waals surface area contributed by atoms with Gasteiger partial charge in [0.2, 0.25) is 0 Å². The normalized spacial score (nSPS) is 11.3. The van der Waals surface area contributed by atoms with Crippen molar-refractivity contribution < 1.29 is 0 Å². The van der Waals surface area contributed by atoms with Crippen LogP contribution in [0.4, 0.5) is 11.4 Å². The quantitative estimate of drug-likeness (QED) is 0.766. The van der Waals surface area contributed by atoms with Gasteiger partial charge in [-0.1, -0.05) is 39.3 Å². The van der Waals surface area contributed by atoms with Crippen LogP contribution in [-0.2, 0) is 0 Å². The molecule has 0 spiro atoms. The van der Waals surface area contributed by atoms with E-state index in [0.29, 0.717) is 12.0 Å². The van der Waals surface area contributed by atoms with E-state index in [1.807, 2.05) is 18.2 Å². The second-order valence-corrected chi connectivity index (χ2v) is 5.63. The van der Waals surface area contributed by atoms with Crippen LogP contribution >= 0.6 is 11.6 Å². The molecule has 1 aromatic rings. The van der Waals surface area contributed by atoms with Crippen LogP contribution in [-0.4, -0.2) is 12.6 Å². The molecule has 0 saturated carbocycles. The fourth-order valence-electron chi connectivity index (χ4n) is 2.32. The average molecular weight is 269 g/mol. The Kier molecular flexibility index (Phi) is 5.80. The van der Waals surface area contributed by atoms with Crippen molar-refractivity contribution in [2.75, 3.05) is 17.2 Å². The Labute approximate surface area is 116 Å². The number of hydrogen-bond donors (Lipinski definition) is 1. The molecule has 2 nitrogen and oxygen atoms in total. The third-order valence-corrected chi connectivity index (χ3v) is 3.53. The van der Waals surface area contributed by atoms with E-state index in [0.717, 1.165) is 35.8 Å². The lowest BCUT2D eigenvalue weighted by Crippen LogP contribution is -2.37. The Morgan fingerprint density at radius 3 is 2.28 bits per heavy atom. The highest BCUT2D eigenvalue weighted by Crippen LogP contribution is 2.31. The maximum absolute atomic E-state index is 6.34. The number of nitrogens with two attached hydrogens (primary N) is 1. The van der Waals surface area contributed by atoms with E-state index >= 15 is 0 Å². The van der Waals surface area contributed by atoms with Crippen LogP contribution in [0.3, 0.4) is 0 Å². The number of rotatable bonds is 6. The van der Waals surface area contributed by atoms with Crippen molar-refractivity contribution in [1.82, 2.24) is 0 Å². The predicted octanol–water partition coefficient (Wildman–Crippen LogP) is 4.57. The van der Waals surface area contributed by atoms with Gasteiger partial charge in [0.25, 0.3) is 0 Å². The summed E-state index contributed by atoms with van der Waals surface area (Å²) < 4.78 is 0. The molecule has 2 N–H and O–H groups in total. The predicted molar refractivity (Wildman–Crippen MR) is 82.4 cm³/mol. The number of nitrogens with zero attached hydrogens (tertiary/aromatic N) is 1. The van der Waals surface area contributed by atoms with Crippen molar-refractivity contribution >= 4 is 23.0 Å². The summed E-state index contributed by atoms with van der Waals surface area (Å²) in [4.78, 5) is 2.42. The van der Waals surface area contributed by atoms with E-state index in [-0.39, 0.29) is 0 Å². The van der Waals surface area contributed by atoms with E-state index in [1.54, 1.807) is 0 Å². The maximum Gasteiger partial charge on any atom is 0.0660 e. The Balaban J connectivity index is 3.08. The number of nitrogen functional groups attached to an aromatic ring is 1. The van der Waals surface area contributed by atoms with Crippen LogP contribution in [0.15, 0.2) is 18.2 Å². The van der Waals surface area contributed by atoms with Crippen molar-refractivity contribution in [2.45, 2.75) is 46.6 Å². The molecule has 0 aliphatic carbocycles. The lowest BCUT2D eigenvalue weighted by Gasteiger charge is -2.35. The van der Waals surface area contributed by atoms with Gasteiger partial charge in [-0.3, -0.25) is 0 Å². The second kappa shape index (κ2) is 6.89. The Hall–Kier alpha value is -0.890. The largest absolute Gasteiger partial charge is 0.399 e. The first kappa shape index (κ1) is 15.2. The van der Waals surface area contributed by atoms with E-state index in [4.69, 9.17) is 17.3 Å². The molecule has 0 saturated heterocycles. The van der Waals surface area contributed by atoms with Crippen LogP contribution in [0.2, 0.25) is 5.02 Å². The van der Waals surface area contributed by atoms with Gasteiger partial charge in [0, 0.05) is 18.3 Å².